The van der Waals surface area contributed by atoms with Gasteiger partial charge in [-0.15, -0.1) is 0 Å². The van der Waals surface area contributed by atoms with Gasteiger partial charge in [-0.1, -0.05) is 0 Å². The summed E-state index contributed by atoms with van der Waals surface area (Å²) >= 11 is 0. The third kappa shape index (κ3) is 3.60. The van der Waals surface area contributed by atoms with Gasteiger partial charge >= 0.3 is 5.97 Å². The summed E-state index contributed by atoms with van der Waals surface area (Å²) in [5.74, 6) is -0.0193. The van der Waals surface area contributed by atoms with Crippen LogP contribution < -0.4 is 9.64 Å². The molecule has 6 heteroatoms. The Balaban J connectivity index is 1.45. The van der Waals surface area contributed by atoms with Crippen molar-refractivity contribution in [1.82, 2.24) is 0 Å². The van der Waals surface area contributed by atoms with Crippen molar-refractivity contribution < 1.29 is 23.1 Å². The third-order valence-electron chi connectivity index (χ3n) is 4.37. The number of hydrogen-bond acceptors (Lipinski definition) is 4. The van der Waals surface area contributed by atoms with Gasteiger partial charge in [0.15, 0.2) is 0 Å². The highest BCUT2D eigenvalue weighted by Crippen LogP contribution is 2.26. The number of ether oxygens (including phenoxy) is 1. The van der Waals surface area contributed by atoms with Gasteiger partial charge in [0.25, 0.3) is 0 Å². The Labute approximate surface area is 155 Å². The molecule has 0 radical (unpaired) electrons. The van der Waals surface area contributed by atoms with Crippen molar-refractivity contribution in [2.24, 2.45) is 0 Å². The lowest BCUT2D eigenvalue weighted by Crippen LogP contribution is -2.23. The van der Waals surface area contributed by atoms with E-state index in [1.54, 1.807) is 47.4 Å². The molecule has 1 saturated heterocycles. The van der Waals surface area contributed by atoms with Crippen LogP contribution in [0, 0.1) is 5.82 Å². The normalized spacial score (nSPS) is 13.8. The molecule has 2 heterocycles. The molecule has 0 unspecified atom stereocenters. The predicted octanol–water partition coefficient (Wildman–Crippen LogP) is 4.43. The summed E-state index contributed by atoms with van der Waals surface area (Å²) in [6, 6.07) is 15.7. The van der Waals surface area contributed by atoms with E-state index in [4.69, 9.17) is 9.15 Å². The molecular formula is C21H16FNO4. The van der Waals surface area contributed by atoms with E-state index in [2.05, 4.69) is 0 Å². The number of carbonyl (C=O) groups excluding carboxylic acids is 2. The molecule has 2 aromatic carbocycles. The van der Waals surface area contributed by atoms with Crippen LogP contribution in [0.15, 0.2) is 65.1 Å². The number of hydrogen-bond donors (Lipinski definition) is 0. The van der Waals surface area contributed by atoms with E-state index >= 15 is 0 Å². The summed E-state index contributed by atoms with van der Waals surface area (Å²) in [6.45, 7) is 0.705. The standard InChI is InChI=1S/C21H16FNO4/c22-15-5-3-14(4-6-15)18-11-12-19(27-18)21(25)26-17-9-7-16(8-10-17)23-13-1-2-20(23)24/h3-12H,1-2,13H2. The van der Waals surface area contributed by atoms with Crippen molar-refractivity contribution >= 4 is 17.6 Å². The van der Waals surface area contributed by atoms with Crippen LogP contribution in [-0.4, -0.2) is 18.4 Å². The Kier molecular flexibility index (Phi) is 4.46. The molecule has 0 atom stereocenters. The number of benzene rings is 2. The SMILES string of the molecule is O=C(Oc1ccc(N2CCCC2=O)cc1)c1ccc(-c2ccc(F)cc2)o1. The second kappa shape index (κ2) is 7.07. The number of nitrogens with zero attached hydrogens (tertiary/aromatic N) is 1. The summed E-state index contributed by atoms with van der Waals surface area (Å²) in [4.78, 5) is 25.7. The van der Waals surface area contributed by atoms with E-state index in [1.807, 2.05) is 0 Å². The average Bonchev–Trinajstić information content (AvgIpc) is 3.32. The summed E-state index contributed by atoms with van der Waals surface area (Å²) in [5, 5.41) is 0. The first-order valence-electron chi connectivity index (χ1n) is 8.58. The molecule has 0 bridgehead atoms. The molecule has 5 nitrogen and oxygen atoms in total. The molecule has 0 aliphatic carbocycles. The number of carbonyl (C=O) groups is 2. The molecule has 4 rings (SSSR count). The molecule has 3 aromatic rings. The highest BCUT2D eigenvalue weighted by atomic mass is 19.1. The van der Waals surface area contributed by atoms with E-state index in [0.717, 1.165) is 12.1 Å². The number of rotatable bonds is 4. The molecule has 0 N–H and O–H groups in total. The van der Waals surface area contributed by atoms with Crippen LogP contribution >= 0.6 is 0 Å². The van der Waals surface area contributed by atoms with Crippen LogP contribution in [0.1, 0.15) is 23.4 Å². The number of amides is 1. The summed E-state index contributed by atoms with van der Waals surface area (Å²) < 4.78 is 23.8. The van der Waals surface area contributed by atoms with Gasteiger partial charge in [0.2, 0.25) is 11.7 Å². The van der Waals surface area contributed by atoms with Crippen LogP contribution in [0.4, 0.5) is 10.1 Å². The van der Waals surface area contributed by atoms with Gasteiger partial charge in [-0.05, 0) is 67.1 Å². The second-order valence-corrected chi connectivity index (χ2v) is 6.20. The van der Waals surface area contributed by atoms with Gasteiger partial charge in [0.1, 0.15) is 17.3 Å². The molecule has 0 saturated carbocycles. The molecule has 27 heavy (non-hydrogen) atoms. The van der Waals surface area contributed by atoms with Gasteiger partial charge in [0, 0.05) is 24.2 Å². The van der Waals surface area contributed by atoms with Crippen LogP contribution in [0.2, 0.25) is 0 Å². The van der Waals surface area contributed by atoms with Gasteiger partial charge in [-0.25, -0.2) is 9.18 Å². The number of furan rings is 1. The lowest BCUT2D eigenvalue weighted by atomic mass is 10.2. The minimum Gasteiger partial charge on any atom is -0.449 e. The smallest absolute Gasteiger partial charge is 0.379 e. The summed E-state index contributed by atoms with van der Waals surface area (Å²) in [5.41, 5.74) is 1.45. The van der Waals surface area contributed by atoms with Gasteiger partial charge < -0.3 is 14.1 Å². The van der Waals surface area contributed by atoms with Crippen molar-refractivity contribution in [3.63, 3.8) is 0 Å². The van der Waals surface area contributed by atoms with Crippen LogP contribution in [-0.2, 0) is 4.79 Å². The zero-order chi connectivity index (χ0) is 18.8. The van der Waals surface area contributed by atoms with Crippen molar-refractivity contribution in [1.29, 1.82) is 0 Å². The zero-order valence-electron chi connectivity index (χ0n) is 14.4. The zero-order valence-corrected chi connectivity index (χ0v) is 14.4. The second-order valence-electron chi connectivity index (χ2n) is 6.20. The van der Waals surface area contributed by atoms with E-state index in [0.29, 0.717) is 30.0 Å². The maximum absolute atomic E-state index is 13.0. The average molecular weight is 365 g/mol. The van der Waals surface area contributed by atoms with Crippen molar-refractivity contribution in [2.45, 2.75) is 12.8 Å². The fourth-order valence-corrected chi connectivity index (χ4v) is 2.99. The Bertz CT molecular complexity index is 976. The Morgan fingerprint density at radius 3 is 2.41 bits per heavy atom. The van der Waals surface area contributed by atoms with E-state index < -0.39 is 5.97 Å². The van der Waals surface area contributed by atoms with Crippen molar-refractivity contribution in [2.75, 3.05) is 11.4 Å². The topological polar surface area (TPSA) is 59.8 Å². The maximum atomic E-state index is 13.0. The molecule has 0 spiro atoms. The number of halogens is 1. The fourth-order valence-electron chi connectivity index (χ4n) is 2.99. The first-order chi connectivity index (χ1) is 13.1. The fraction of sp³-hybridized carbons (Fsp3) is 0.143. The Morgan fingerprint density at radius 1 is 1.00 bits per heavy atom. The van der Waals surface area contributed by atoms with Crippen molar-refractivity contribution in [3.05, 3.63) is 72.2 Å². The molecule has 1 amide bonds. The van der Waals surface area contributed by atoms with Crippen molar-refractivity contribution in [3.8, 4) is 17.1 Å². The monoisotopic (exact) mass is 365 g/mol. The lowest BCUT2D eigenvalue weighted by molar-refractivity contribution is -0.117. The predicted molar refractivity (Wildman–Crippen MR) is 97.1 cm³/mol. The highest BCUT2D eigenvalue weighted by molar-refractivity contribution is 5.95. The van der Waals surface area contributed by atoms with Gasteiger partial charge in [-0.3, -0.25) is 4.79 Å². The van der Waals surface area contributed by atoms with E-state index in [-0.39, 0.29) is 17.5 Å². The first kappa shape index (κ1) is 17.0. The van der Waals surface area contributed by atoms with E-state index in [1.165, 1.54) is 18.2 Å². The molecule has 1 fully saturated rings. The van der Waals surface area contributed by atoms with Gasteiger partial charge in [0.05, 0.1) is 0 Å². The minimum atomic E-state index is -0.631. The van der Waals surface area contributed by atoms with Crippen LogP contribution in [0.3, 0.4) is 0 Å². The maximum Gasteiger partial charge on any atom is 0.379 e. The van der Waals surface area contributed by atoms with Gasteiger partial charge in [-0.2, -0.15) is 0 Å². The third-order valence-corrected chi connectivity index (χ3v) is 4.37. The number of esters is 1. The molecular weight excluding hydrogens is 349 g/mol. The molecule has 1 aromatic heterocycles. The summed E-state index contributed by atoms with van der Waals surface area (Å²) in [6.07, 6.45) is 1.41. The minimum absolute atomic E-state index is 0.0492. The molecule has 136 valence electrons. The first-order valence-corrected chi connectivity index (χ1v) is 8.58. The number of anilines is 1. The lowest BCUT2D eigenvalue weighted by Gasteiger charge is -2.15. The van der Waals surface area contributed by atoms with Crippen LogP contribution in [0.25, 0.3) is 11.3 Å². The Morgan fingerprint density at radius 2 is 1.74 bits per heavy atom. The highest BCUT2D eigenvalue weighted by Gasteiger charge is 2.22. The quantitative estimate of drug-likeness (QED) is 0.507. The molecule has 1 aliphatic rings. The summed E-state index contributed by atoms with van der Waals surface area (Å²) in [7, 11) is 0. The largest absolute Gasteiger partial charge is 0.449 e. The van der Waals surface area contributed by atoms with Crippen LogP contribution in [0.5, 0.6) is 5.75 Å². The van der Waals surface area contributed by atoms with E-state index in [9.17, 15) is 14.0 Å². The Hall–Kier alpha value is -3.41. The molecule has 1 aliphatic heterocycles.